The number of nitrogens with zero attached hydrogens (tertiary/aromatic N) is 3. The number of hydrogen-bond donors (Lipinski definition) is 1. The van der Waals surface area contributed by atoms with Gasteiger partial charge in [0.2, 0.25) is 4.77 Å². The molecule has 1 N–H and O–H groups in total. The van der Waals surface area contributed by atoms with Crippen LogP contribution >= 0.6 is 35.4 Å². The maximum Gasteiger partial charge on any atom is 0.207 e. The Morgan fingerprint density at radius 2 is 2.00 bits per heavy atom. The van der Waals surface area contributed by atoms with Gasteiger partial charge in [0.1, 0.15) is 0 Å². The van der Waals surface area contributed by atoms with Gasteiger partial charge in [0.05, 0.1) is 22.1 Å². The van der Waals surface area contributed by atoms with E-state index in [4.69, 9.17) is 35.4 Å². The Morgan fingerprint density at radius 3 is 2.67 bits per heavy atom. The van der Waals surface area contributed by atoms with Gasteiger partial charge in [0.25, 0.3) is 0 Å². The van der Waals surface area contributed by atoms with Gasteiger partial charge in [-0.25, -0.2) is 0 Å². The van der Waals surface area contributed by atoms with Crippen LogP contribution in [-0.2, 0) is 6.67 Å². The second-order valence-electron chi connectivity index (χ2n) is 5.95. The quantitative estimate of drug-likeness (QED) is 0.847. The van der Waals surface area contributed by atoms with Crippen LogP contribution in [0.3, 0.4) is 0 Å². The van der Waals surface area contributed by atoms with Crippen molar-refractivity contribution in [3.63, 3.8) is 0 Å². The van der Waals surface area contributed by atoms with Crippen molar-refractivity contribution in [2.24, 2.45) is 0 Å². The van der Waals surface area contributed by atoms with E-state index in [0.717, 1.165) is 6.67 Å². The summed E-state index contributed by atoms with van der Waals surface area (Å²) in [6, 6.07) is 2.95. The lowest BCUT2D eigenvalue weighted by Crippen LogP contribution is -3.18. The Kier molecular flexibility index (Phi) is 4.28. The van der Waals surface area contributed by atoms with Crippen molar-refractivity contribution < 1.29 is 4.90 Å². The van der Waals surface area contributed by atoms with Gasteiger partial charge in [-0.2, -0.15) is 4.68 Å². The van der Waals surface area contributed by atoms with E-state index < -0.39 is 0 Å². The smallest absolute Gasteiger partial charge is 0.207 e. The molecule has 0 radical (unpaired) electrons. The molecule has 0 aromatic carbocycles. The van der Waals surface area contributed by atoms with Gasteiger partial charge >= 0.3 is 0 Å². The number of nitrogens with one attached hydrogen (secondary N) is 1. The molecule has 1 aliphatic rings. The molecule has 0 saturated carbocycles. The van der Waals surface area contributed by atoms with Gasteiger partial charge in [-0.15, -0.1) is 5.10 Å². The minimum atomic E-state index is 0.530. The van der Waals surface area contributed by atoms with E-state index in [-0.39, 0.29) is 0 Å². The number of aromatic nitrogens is 3. The van der Waals surface area contributed by atoms with E-state index in [9.17, 15) is 0 Å². The molecule has 0 unspecified atom stereocenters. The van der Waals surface area contributed by atoms with Gasteiger partial charge in [-0.1, -0.05) is 23.2 Å². The summed E-state index contributed by atoms with van der Waals surface area (Å²) in [7, 11) is 0. The largest absolute Gasteiger partial charge is 0.312 e. The first-order chi connectivity index (χ1) is 9.97. The molecule has 3 heterocycles. The second-order valence-corrected chi connectivity index (χ2v) is 7.16. The van der Waals surface area contributed by atoms with Crippen molar-refractivity contribution in [1.29, 1.82) is 0 Å². The number of pyridine rings is 1. The molecule has 4 nitrogen and oxygen atoms in total. The molecule has 3 rings (SSSR count). The SMILES string of the molecule is C[C@H]1CCC[C@H](C)[NH+]1Cn1nc2c(Cl)cc(Cl)cn2c1=S. The molecular weight excluding hydrogens is 327 g/mol. The highest BCUT2D eigenvalue weighted by Crippen LogP contribution is 2.21. The first-order valence-electron chi connectivity index (χ1n) is 7.27. The van der Waals surface area contributed by atoms with Crippen LogP contribution in [0.5, 0.6) is 0 Å². The predicted molar refractivity (Wildman–Crippen MR) is 87.8 cm³/mol. The summed E-state index contributed by atoms with van der Waals surface area (Å²) in [6.45, 7) is 5.37. The zero-order chi connectivity index (χ0) is 15.1. The summed E-state index contributed by atoms with van der Waals surface area (Å²) >= 11 is 17.8. The molecule has 0 amide bonds. The molecule has 114 valence electrons. The predicted octanol–water partition coefficient (Wildman–Crippen LogP) is 2.98. The van der Waals surface area contributed by atoms with Crippen molar-refractivity contribution in [2.45, 2.75) is 51.9 Å². The van der Waals surface area contributed by atoms with E-state index in [2.05, 4.69) is 18.9 Å². The zero-order valence-electron chi connectivity index (χ0n) is 12.1. The number of rotatable bonds is 2. The molecule has 1 aliphatic heterocycles. The highest BCUT2D eigenvalue weighted by atomic mass is 35.5. The van der Waals surface area contributed by atoms with E-state index in [0.29, 0.717) is 32.5 Å². The van der Waals surface area contributed by atoms with Gasteiger partial charge in [0.15, 0.2) is 12.3 Å². The molecule has 1 fully saturated rings. The average Bonchev–Trinajstić information content (AvgIpc) is 2.72. The highest BCUT2D eigenvalue weighted by molar-refractivity contribution is 7.71. The maximum atomic E-state index is 6.21. The third-order valence-corrected chi connectivity index (χ3v) is 5.37. The number of piperidine rings is 1. The number of likely N-dealkylation sites (tertiary alicyclic amines) is 1. The van der Waals surface area contributed by atoms with Gasteiger partial charge in [-0.3, -0.25) is 4.40 Å². The fraction of sp³-hybridized carbons (Fsp3) is 0.571. The molecule has 0 spiro atoms. The Balaban J connectivity index is 1.99. The Hall–Kier alpha value is -0.620. The minimum absolute atomic E-state index is 0.530. The molecule has 0 bridgehead atoms. The molecule has 21 heavy (non-hydrogen) atoms. The molecule has 2 atom stereocenters. The lowest BCUT2D eigenvalue weighted by atomic mass is 9.98. The number of hydrogen-bond acceptors (Lipinski definition) is 2. The van der Waals surface area contributed by atoms with E-state index in [1.807, 2.05) is 4.68 Å². The summed E-state index contributed by atoms with van der Waals surface area (Å²) in [5.41, 5.74) is 0.669. The third kappa shape index (κ3) is 2.84. The molecule has 1 saturated heterocycles. The number of halogens is 2. The van der Waals surface area contributed by atoms with Gasteiger partial charge < -0.3 is 4.90 Å². The van der Waals surface area contributed by atoms with Crippen molar-refractivity contribution in [3.8, 4) is 0 Å². The fourth-order valence-corrected chi connectivity index (χ4v) is 3.97. The van der Waals surface area contributed by atoms with Crippen LogP contribution in [0.15, 0.2) is 12.3 Å². The summed E-state index contributed by atoms with van der Waals surface area (Å²) in [5, 5.41) is 5.67. The van der Waals surface area contributed by atoms with Gasteiger partial charge in [0, 0.05) is 6.20 Å². The fourth-order valence-electron chi connectivity index (χ4n) is 3.22. The second kappa shape index (κ2) is 5.88. The molecule has 0 aliphatic carbocycles. The van der Waals surface area contributed by atoms with E-state index >= 15 is 0 Å². The molecule has 7 heteroatoms. The first-order valence-corrected chi connectivity index (χ1v) is 8.43. The number of fused-ring (bicyclic) bond motifs is 1. The van der Waals surface area contributed by atoms with E-state index in [1.54, 1.807) is 16.7 Å². The van der Waals surface area contributed by atoms with Crippen LogP contribution in [0, 0.1) is 4.77 Å². The van der Waals surface area contributed by atoms with Crippen molar-refractivity contribution in [1.82, 2.24) is 14.2 Å². The van der Waals surface area contributed by atoms with Gasteiger partial charge in [-0.05, 0) is 51.4 Å². The standard InChI is InChI=1S/C14H18Cl2N4S/c1-9-4-3-5-10(2)19(9)8-20-14(21)18-7-11(15)6-12(16)13(18)17-20/h6-7,9-10H,3-5,8H2,1-2H3/p+1/t9-,10-/m0/s1. The number of quaternary nitrogens is 1. The van der Waals surface area contributed by atoms with Crippen molar-refractivity contribution in [3.05, 3.63) is 27.1 Å². The van der Waals surface area contributed by atoms with Crippen LogP contribution < -0.4 is 4.90 Å². The normalized spacial score (nSPS) is 23.8. The molecule has 2 aromatic heterocycles. The van der Waals surface area contributed by atoms with Crippen LogP contribution in [0.25, 0.3) is 5.65 Å². The first kappa shape index (κ1) is 15.3. The summed E-state index contributed by atoms with van der Waals surface area (Å²) in [4.78, 5) is 1.53. The van der Waals surface area contributed by atoms with Crippen molar-refractivity contribution >= 4 is 41.1 Å². The third-order valence-electron chi connectivity index (χ3n) is 4.47. The summed E-state index contributed by atoms with van der Waals surface area (Å²) < 4.78 is 4.31. The summed E-state index contributed by atoms with van der Waals surface area (Å²) in [5.74, 6) is 0. The monoisotopic (exact) mass is 345 g/mol. The van der Waals surface area contributed by atoms with Crippen LogP contribution in [-0.4, -0.2) is 26.3 Å². The van der Waals surface area contributed by atoms with Crippen LogP contribution in [0.4, 0.5) is 0 Å². The lowest BCUT2D eigenvalue weighted by Gasteiger charge is -2.35. The Labute approximate surface area is 139 Å². The molecular formula is C14H19Cl2N4S+. The average molecular weight is 346 g/mol. The maximum absolute atomic E-state index is 6.21. The van der Waals surface area contributed by atoms with E-state index in [1.165, 1.54) is 24.2 Å². The molecule has 2 aromatic rings. The minimum Gasteiger partial charge on any atom is -0.312 e. The topological polar surface area (TPSA) is 26.7 Å². The Morgan fingerprint density at radius 1 is 1.33 bits per heavy atom. The summed E-state index contributed by atoms with van der Waals surface area (Å²) in [6.07, 6.45) is 5.59. The van der Waals surface area contributed by atoms with Crippen LogP contribution in [0.1, 0.15) is 33.1 Å². The van der Waals surface area contributed by atoms with Crippen LogP contribution in [0.2, 0.25) is 10.0 Å². The zero-order valence-corrected chi connectivity index (χ0v) is 14.5. The Bertz CT molecular complexity index is 714. The van der Waals surface area contributed by atoms with Crippen molar-refractivity contribution in [2.75, 3.05) is 0 Å². The lowest BCUT2D eigenvalue weighted by molar-refractivity contribution is -0.972. The highest BCUT2D eigenvalue weighted by Gasteiger charge is 2.29.